The fourth-order valence-electron chi connectivity index (χ4n) is 3.22. The summed E-state index contributed by atoms with van der Waals surface area (Å²) in [5.74, 6) is 0.105. The van der Waals surface area contributed by atoms with E-state index in [0.29, 0.717) is 41.5 Å². The van der Waals surface area contributed by atoms with E-state index in [1.54, 1.807) is 29.3 Å². The number of hydrogen-bond donors (Lipinski definition) is 1. The molecular weight excluding hydrogens is 453 g/mol. The monoisotopic (exact) mass is 473 g/mol. The molecule has 1 saturated heterocycles. The topological polar surface area (TPSA) is 79.4 Å². The zero-order chi connectivity index (χ0) is 21.0. The van der Waals surface area contributed by atoms with Gasteiger partial charge in [-0.2, -0.15) is 0 Å². The number of carbonyl (C=O) groups is 1. The maximum Gasteiger partial charge on any atom is 0.256 e. The summed E-state index contributed by atoms with van der Waals surface area (Å²) in [5, 5.41) is 1.15. The number of nitrogens with zero attached hydrogens (tertiary/aromatic N) is 2. The maximum atomic E-state index is 12.8. The molecule has 0 saturated carbocycles. The Labute approximate surface area is 185 Å². The first-order chi connectivity index (χ1) is 13.8. The number of sulfonamides is 1. The van der Waals surface area contributed by atoms with E-state index in [1.165, 1.54) is 23.9 Å². The van der Waals surface area contributed by atoms with E-state index >= 15 is 0 Å². The van der Waals surface area contributed by atoms with Crippen LogP contribution >= 0.6 is 35.0 Å². The Morgan fingerprint density at radius 2 is 2.00 bits per heavy atom. The molecule has 29 heavy (non-hydrogen) atoms. The Hall–Kier alpha value is -1.32. The molecule has 0 spiro atoms. The van der Waals surface area contributed by atoms with E-state index in [9.17, 15) is 13.2 Å². The zero-order valence-corrected chi connectivity index (χ0v) is 18.9. The molecule has 3 rings (SSSR count). The number of carbonyl (C=O) groups excluding carboxylic acids is 1. The Morgan fingerprint density at radius 1 is 1.28 bits per heavy atom. The molecule has 0 unspecified atom stereocenters. The predicted octanol–water partition coefficient (Wildman–Crippen LogP) is 3.94. The van der Waals surface area contributed by atoms with Gasteiger partial charge in [0.1, 0.15) is 9.92 Å². The SMILES string of the molecule is CSc1ncccc1C(=O)N1CCC(CNS(=O)(=O)c2cc(Cl)ccc2Cl)CC1. The lowest BCUT2D eigenvalue weighted by Gasteiger charge is -2.32. The van der Waals surface area contributed by atoms with Crippen LogP contribution in [0, 0.1) is 5.92 Å². The third-order valence-corrected chi connectivity index (χ3v) is 7.69. The number of piperidine rings is 1. The minimum Gasteiger partial charge on any atom is -0.339 e. The Balaban J connectivity index is 1.57. The van der Waals surface area contributed by atoms with E-state index in [1.807, 2.05) is 6.26 Å². The van der Waals surface area contributed by atoms with Crippen LogP contribution in [0.1, 0.15) is 23.2 Å². The first-order valence-electron chi connectivity index (χ1n) is 9.05. The number of thioether (sulfide) groups is 1. The summed E-state index contributed by atoms with van der Waals surface area (Å²) in [6.45, 7) is 1.44. The van der Waals surface area contributed by atoms with Crippen LogP contribution in [-0.2, 0) is 10.0 Å². The van der Waals surface area contributed by atoms with Crippen LogP contribution in [0.15, 0.2) is 46.5 Å². The molecule has 1 N–H and O–H groups in total. The van der Waals surface area contributed by atoms with Gasteiger partial charge in [0.2, 0.25) is 10.0 Å². The van der Waals surface area contributed by atoms with Crippen LogP contribution in [0.5, 0.6) is 0 Å². The number of halogens is 2. The fraction of sp³-hybridized carbons (Fsp3) is 0.368. The van der Waals surface area contributed by atoms with Gasteiger partial charge in [-0.1, -0.05) is 23.2 Å². The normalized spacial score (nSPS) is 15.5. The molecule has 1 aromatic carbocycles. The second-order valence-electron chi connectivity index (χ2n) is 6.72. The van der Waals surface area contributed by atoms with Crippen molar-refractivity contribution in [1.82, 2.24) is 14.6 Å². The molecule has 1 fully saturated rings. The lowest BCUT2D eigenvalue weighted by molar-refractivity contribution is 0.0687. The van der Waals surface area contributed by atoms with Gasteiger partial charge < -0.3 is 4.90 Å². The molecule has 2 heterocycles. The summed E-state index contributed by atoms with van der Waals surface area (Å²) in [4.78, 5) is 18.8. The zero-order valence-electron chi connectivity index (χ0n) is 15.8. The van der Waals surface area contributed by atoms with Crippen LogP contribution in [0.4, 0.5) is 0 Å². The number of aromatic nitrogens is 1. The van der Waals surface area contributed by atoms with Crippen molar-refractivity contribution in [2.24, 2.45) is 5.92 Å². The minimum absolute atomic E-state index is 0.0274. The highest BCUT2D eigenvalue weighted by atomic mass is 35.5. The van der Waals surface area contributed by atoms with Gasteiger partial charge in [0, 0.05) is 30.9 Å². The highest BCUT2D eigenvalue weighted by Crippen LogP contribution is 2.26. The number of amides is 1. The minimum atomic E-state index is -3.75. The van der Waals surface area contributed by atoms with Gasteiger partial charge in [-0.05, 0) is 55.3 Å². The standard InChI is InChI=1S/C19H21Cl2N3O3S2/c1-28-18-15(3-2-8-22-18)19(25)24-9-6-13(7-10-24)12-23-29(26,27)17-11-14(20)4-5-16(17)21/h2-5,8,11,13,23H,6-7,9-10,12H2,1H3. The summed E-state index contributed by atoms with van der Waals surface area (Å²) in [6.07, 6.45) is 5.00. The largest absolute Gasteiger partial charge is 0.339 e. The summed E-state index contributed by atoms with van der Waals surface area (Å²) in [5.41, 5.74) is 0.606. The summed E-state index contributed by atoms with van der Waals surface area (Å²) >= 11 is 13.3. The van der Waals surface area contributed by atoms with E-state index in [-0.39, 0.29) is 28.3 Å². The summed E-state index contributed by atoms with van der Waals surface area (Å²) in [6, 6.07) is 7.89. The molecule has 0 aliphatic carbocycles. The number of benzene rings is 1. The van der Waals surface area contributed by atoms with Gasteiger partial charge >= 0.3 is 0 Å². The Bertz CT molecular complexity index is 994. The van der Waals surface area contributed by atoms with Crippen LogP contribution in [0.2, 0.25) is 10.0 Å². The van der Waals surface area contributed by atoms with Crippen molar-refractivity contribution in [2.75, 3.05) is 25.9 Å². The van der Waals surface area contributed by atoms with Crippen molar-refractivity contribution in [3.63, 3.8) is 0 Å². The van der Waals surface area contributed by atoms with Crippen molar-refractivity contribution in [3.8, 4) is 0 Å². The lowest BCUT2D eigenvalue weighted by atomic mass is 9.97. The van der Waals surface area contributed by atoms with Gasteiger partial charge in [-0.25, -0.2) is 18.1 Å². The first kappa shape index (κ1) is 22.4. The van der Waals surface area contributed by atoms with Gasteiger partial charge in [0.15, 0.2) is 0 Å². The van der Waals surface area contributed by atoms with E-state index in [4.69, 9.17) is 23.2 Å². The van der Waals surface area contributed by atoms with Crippen molar-refractivity contribution >= 4 is 50.9 Å². The molecule has 0 bridgehead atoms. The van der Waals surface area contributed by atoms with Gasteiger partial charge in [-0.15, -0.1) is 11.8 Å². The molecule has 0 atom stereocenters. The number of nitrogens with one attached hydrogen (secondary N) is 1. The van der Waals surface area contributed by atoms with Gasteiger partial charge in [0.05, 0.1) is 10.6 Å². The molecule has 1 aliphatic heterocycles. The van der Waals surface area contributed by atoms with Crippen molar-refractivity contribution in [1.29, 1.82) is 0 Å². The Morgan fingerprint density at radius 3 is 2.69 bits per heavy atom. The van der Waals surface area contributed by atoms with Crippen LogP contribution in [0.25, 0.3) is 0 Å². The molecule has 1 aromatic heterocycles. The number of likely N-dealkylation sites (tertiary alicyclic amines) is 1. The van der Waals surface area contributed by atoms with Crippen LogP contribution < -0.4 is 4.72 Å². The molecular formula is C19H21Cl2N3O3S2. The highest BCUT2D eigenvalue weighted by Gasteiger charge is 2.27. The van der Waals surface area contributed by atoms with Crippen molar-refractivity contribution in [3.05, 3.63) is 52.1 Å². The molecule has 1 aliphatic rings. The first-order valence-corrected chi connectivity index (χ1v) is 12.5. The molecule has 10 heteroatoms. The lowest BCUT2D eigenvalue weighted by Crippen LogP contribution is -2.41. The molecule has 2 aromatic rings. The van der Waals surface area contributed by atoms with Gasteiger partial charge in [-0.3, -0.25) is 4.79 Å². The van der Waals surface area contributed by atoms with E-state index in [2.05, 4.69) is 9.71 Å². The van der Waals surface area contributed by atoms with E-state index < -0.39 is 10.0 Å². The van der Waals surface area contributed by atoms with Gasteiger partial charge in [0.25, 0.3) is 5.91 Å². The second-order valence-corrected chi connectivity index (χ2v) is 10.1. The van der Waals surface area contributed by atoms with Crippen molar-refractivity contribution < 1.29 is 13.2 Å². The van der Waals surface area contributed by atoms with Crippen molar-refractivity contribution in [2.45, 2.75) is 22.8 Å². The number of rotatable bonds is 6. The second kappa shape index (κ2) is 9.66. The fourth-order valence-corrected chi connectivity index (χ4v) is 5.63. The predicted molar refractivity (Wildman–Crippen MR) is 116 cm³/mol. The molecule has 1 amide bonds. The third kappa shape index (κ3) is 5.44. The molecule has 0 radical (unpaired) electrons. The average Bonchev–Trinajstić information content (AvgIpc) is 2.73. The summed E-state index contributed by atoms with van der Waals surface area (Å²) < 4.78 is 27.7. The maximum absolute atomic E-state index is 12.8. The Kier molecular flexibility index (Phi) is 7.45. The molecule has 6 nitrogen and oxygen atoms in total. The average molecular weight is 474 g/mol. The highest BCUT2D eigenvalue weighted by molar-refractivity contribution is 7.98. The number of pyridine rings is 1. The summed E-state index contributed by atoms with van der Waals surface area (Å²) in [7, 11) is -3.75. The molecule has 156 valence electrons. The smallest absolute Gasteiger partial charge is 0.256 e. The quantitative estimate of drug-likeness (QED) is 0.642. The van der Waals surface area contributed by atoms with Crippen LogP contribution in [0.3, 0.4) is 0 Å². The number of hydrogen-bond acceptors (Lipinski definition) is 5. The van der Waals surface area contributed by atoms with Crippen LogP contribution in [-0.4, -0.2) is 50.1 Å². The third-order valence-electron chi connectivity index (χ3n) is 4.84. The van der Waals surface area contributed by atoms with E-state index in [0.717, 1.165) is 0 Å².